The summed E-state index contributed by atoms with van der Waals surface area (Å²) in [5.74, 6) is -0.0696. The first-order chi connectivity index (χ1) is 10.9. The van der Waals surface area contributed by atoms with Crippen LogP contribution in [0.1, 0.15) is 31.9 Å². The fourth-order valence-corrected chi connectivity index (χ4v) is 2.11. The Balaban J connectivity index is 1.91. The fraction of sp³-hybridized carbons (Fsp3) is 0.278. The molecule has 0 aliphatic heterocycles. The number of aliphatic hydroxyl groups is 1. The zero-order chi connectivity index (χ0) is 16.8. The standard InChI is InChI=1S/C18H20FNO3/c1-12(2)23-16-8-6-15(7-9-16)20-18(22)11-17(21)13-4-3-5-14(19)10-13/h3-10,12,17,21H,11H2,1-2H3,(H,20,22). The van der Waals surface area contributed by atoms with Gasteiger partial charge in [0.05, 0.1) is 18.6 Å². The van der Waals surface area contributed by atoms with E-state index in [1.807, 2.05) is 13.8 Å². The number of carbonyl (C=O) groups excluding carboxylic acids is 1. The molecule has 122 valence electrons. The third-order valence-electron chi connectivity index (χ3n) is 3.12. The Kier molecular flexibility index (Phi) is 5.71. The van der Waals surface area contributed by atoms with E-state index in [9.17, 15) is 14.3 Å². The Morgan fingerprint density at radius 1 is 1.22 bits per heavy atom. The Labute approximate surface area is 134 Å². The molecule has 0 aliphatic carbocycles. The molecule has 0 aromatic heterocycles. The highest BCUT2D eigenvalue weighted by Gasteiger charge is 2.14. The molecule has 1 atom stereocenters. The van der Waals surface area contributed by atoms with Crippen molar-refractivity contribution in [3.63, 3.8) is 0 Å². The van der Waals surface area contributed by atoms with Crippen LogP contribution in [-0.2, 0) is 4.79 Å². The number of rotatable bonds is 6. The minimum atomic E-state index is -1.05. The van der Waals surface area contributed by atoms with Crippen molar-refractivity contribution in [1.29, 1.82) is 0 Å². The second kappa shape index (κ2) is 7.74. The van der Waals surface area contributed by atoms with Gasteiger partial charge in [-0.3, -0.25) is 4.79 Å². The molecule has 23 heavy (non-hydrogen) atoms. The number of amides is 1. The molecule has 0 bridgehead atoms. The minimum absolute atomic E-state index is 0.0804. The largest absolute Gasteiger partial charge is 0.491 e. The van der Waals surface area contributed by atoms with E-state index in [4.69, 9.17) is 4.74 Å². The maximum Gasteiger partial charge on any atom is 0.227 e. The van der Waals surface area contributed by atoms with E-state index < -0.39 is 11.9 Å². The number of carbonyl (C=O) groups is 1. The number of halogens is 1. The molecule has 0 spiro atoms. The highest BCUT2D eigenvalue weighted by atomic mass is 19.1. The predicted octanol–water partition coefficient (Wildman–Crippen LogP) is 3.68. The molecule has 2 N–H and O–H groups in total. The van der Waals surface area contributed by atoms with Crippen molar-refractivity contribution in [2.24, 2.45) is 0 Å². The molecule has 0 aliphatic rings. The van der Waals surface area contributed by atoms with E-state index in [0.717, 1.165) is 5.75 Å². The van der Waals surface area contributed by atoms with Crippen molar-refractivity contribution in [2.45, 2.75) is 32.5 Å². The lowest BCUT2D eigenvalue weighted by Gasteiger charge is -2.12. The average Bonchev–Trinajstić information content (AvgIpc) is 2.48. The zero-order valence-electron chi connectivity index (χ0n) is 13.1. The van der Waals surface area contributed by atoms with E-state index in [1.165, 1.54) is 18.2 Å². The molecule has 0 heterocycles. The molecule has 2 rings (SSSR count). The van der Waals surface area contributed by atoms with Crippen LogP contribution in [0.15, 0.2) is 48.5 Å². The molecule has 1 unspecified atom stereocenters. The summed E-state index contributed by atoms with van der Waals surface area (Å²) in [6, 6.07) is 12.6. The first kappa shape index (κ1) is 17.0. The smallest absolute Gasteiger partial charge is 0.227 e. The van der Waals surface area contributed by atoms with Gasteiger partial charge < -0.3 is 15.2 Å². The van der Waals surface area contributed by atoms with E-state index in [0.29, 0.717) is 11.3 Å². The highest BCUT2D eigenvalue weighted by molar-refractivity contribution is 5.91. The first-order valence-electron chi connectivity index (χ1n) is 7.44. The van der Waals surface area contributed by atoms with Crippen molar-refractivity contribution < 1.29 is 19.0 Å². The van der Waals surface area contributed by atoms with E-state index in [1.54, 1.807) is 30.3 Å². The lowest BCUT2D eigenvalue weighted by Crippen LogP contribution is -2.15. The van der Waals surface area contributed by atoms with Crippen molar-refractivity contribution in [1.82, 2.24) is 0 Å². The van der Waals surface area contributed by atoms with Crippen LogP contribution in [0.25, 0.3) is 0 Å². The summed E-state index contributed by atoms with van der Waals surface area (Å²) < 4.78 is 18.6. The Hall–Kier alpha value is -2.40. The summed E-state index contributed by atoms with van der Waals surface area (Å²) in [7, 11) is 0. The second-order valence-electron chi connectivity index (χ2n) is 5.51. The summed E-state index contributed by atoms with van der Waals surface area (Å²) in [5.41, 5.74) is 0.985. The molecule has 0 radical (unpaired) electrons. The normalized spacial score (nSPS) is 12.0. The molecule has 2 aromatic carbocycles. The molecule has 0 saturated carbocycles. The van der Waals surface area contributed by atoms with Gasteiger partial charge in [-0.25, -0.2) is 4.39 Å². The summed E-state index contributed by atoms with van der Waals surface area (Å²) in [6.45, 7) is 3.87. The lowest BCUT2D eigenvalue weighted by atomic mass is 10.1. The Morgan fingerprint density at radius 3 is 2.52 bits per heavy atom. The van der Waals surface area contributed by atoms with Gasteiger partial charge in [-0.05, 0) is 55.8 Å². The minimum Gasteiger partial charge on any atom is -0.491 e. The summed E-state index contributed by atoms with van der Waals surface area (Å²) >= 11 is 0. The number of anilines is 1. The number of hydrogen-bond acceptors (Lipinski definition) is 3. The summed E-state index contributed by atoms with van der Waals surface area (Å²) in [6.07, 6.45) is -1.11. The quantitative estimate of drug-likeness (QED) is 0.854. The molecule has 5 heteroatoms. The van der Waals surface area contributed by atoms with Crippen molar-refractivity contribution >= 4 is 11.6 Å². The summed E-state index contributed by atoms with van der Waals surface area (Å²) in [4.78, 5) is 11.9. The van der Waals surface area contributed by atoms with Crippen molar-refractivity contribution in [3.05, 3.63) is 59.9 Å². The second-order valence-corrected chi connectivity index (χ2v) is 5.51. The molecule has 0 fully saturated rings. The van der Waals surface area contributed by atoms with Crippen LogP contribution in [0, 0.1) is 5.82 Å². The molecular weight excluding hydrogens is 297 g/mol. The van der Waals surface area contributed by atoms with E-state index in [-0.39, 0.29) is 18.4 Å². The molecule has 4 nitrogen and oxygen atoms in total. The van der Waals surface area contributed by atoms with Gasteiger partial charge >= 0.3 is 0 Å². The number of ether oxygens (including phenoxy) is 1. The number of benzene rings is 2. The monoisotopic (exact) mass is 317 g/mol. The van der Waals surface area contributed by atoms with Crippen LogP contribution in [0.4, 0.5) is 10.1 Å². The van der Waals surface area contributed by atoms with Gasteiger partial charge in [0.2, 0.25) is 5.91 Å². The topological polar surface area (TPSA) is 58.6 Å². The van der Waals surface area contributed by atoms with Crippen LogP contribution < -0.4 is 10.1 Å². The number of hydrogen-bond donors (Lipinski definition) is 2. The molecule has 0 saturated heterocycles. The van der Waals surface area contributed by atoms with Gasteiger partial charge in [0.25, 0.3) is 0 Å². The number of aliphatic hydroxyl groups excluding tert-OH is 1. The van der Waals surface area contributed by atoms with Crippen LogP contribution >= 0.6 is 0 Å². The molecular formula is C18H20FNO3. The van der Waals surface area contributed by atoms with Gasteiger partial charge in [0, 0.05) is 5.69 Å². The maximum atomic E-state index is 13.1. The van der Waals surface area contributed by atoms with Crippen LogP contribution in [0.2, 0.25) is 0 Å². The van der Waals surface area contributed by atoms with Gasteiger partial charge in [-0.15, -0.1) is 0 Å². The third-order valence-corrected chi connectivity index (χ3v) is 3.12. The Morgan fingerprint density at radius 2 is 1.91 bits per heavy atom. The van der Waals surface area contributed by atoms with Gasteiger partial charge in [0.15, 0.2) is 0 Å². The van der Waals surface area contributed by atoms with Crippen LogP contribution in [0.3, 0.4) is 0 Å². The lowest BCUT2D eigenvalue weighted by molar-refractivity contribution is -0.118. The predicted molar refractivity (Wildman–Crippen MR) is 86.8 cm³/mol. The SMILES string of the molecule is CC(C)Oc1ccc(NC(=O)CC(O)c2cccc(F)c2)cc1. The van der Waals surface area contributed by atoms with E-state index in [2.05, 4.69) is 5.32 Å². The average molecular weight is 317 g/mol. The van der Waals surface area contributed by atoms with Crippen molar-refractivity contribution in [3.8, 4) is 5.75 Å². The van der Waals surface area contributed by atoms with Crippen LogP contribution in [0.5, 0.6) is 5.75 Å². The first-order valence-corrected chi connectivity index (χ1v) is 7.44. The third kappa shape index (κ3) is 5.38. The highest BCUT2D eigenvalue weighted by Crippen LogP contribution is 2.20. The van der Waals surface area contributed by atoms with Crippen LogP contribution in [-0.4, -0.2) is 17.1 Å². The van der Waals surface area contributed by atoms with Gasteiger partial charge in [-0.1, -0.05) is 12.1 Å². The van der Waals surface area contributed by atoms with Gasteiger partial charge in [0.1, 0.15) is 11.6 Å². The van der Waals surface area contributed by atoms with Crippen molar-refractivity contribution in [2.75, 3.05) is 5.32 Å². The molecule has 1 amide bonds. The zero-order valence-corrected chi connectivity index (χ0v) is 13.1. The fourth-order valence-electron chi connectivity index (χ4n) is 2.11. The molecule has 2 aromatic rings. The number of nitrogens with one attached hydrogen (secondary N) is 1. The Bertz CT molecular complexity index is 656. The maximum absolute atomic E-state index is 13.1. The van der Waals surface area contributed by atoms with E-state index >= 15 is 0 Å². The van der Waals surface area contributed by atoms with Gasteiger partial charge in [-0.2, -0.15) is 0 Å². The summed E-state index contributed by atoms with van der Waals surface area (Å²) in [5, 5.41) is 12.7.